The Morgan fingerprint density at radius 2 is 1.68 bits per heavy atom. The highest BCUT2D eigenvalue weighted by atomic mass is 32.2. The van der Waals surface area contributed by atoms with Crippen molar-refractivity contribution in [2.45, 2.75) is 103 Å². The first-order valence-corrected chi connectivity index (χ1v) is 23.7. The topological polar surface area (TPSA) is 158 Å². The third kappa shape index (κ3) is 10.2. The van der Waals surface area contributed by atoms with Crippen molar-refractivity contribution < 1.29 is 51.9 Å². The van der Waals surface area contributed by atoms with Crippen LogP contribution in [0.15, 0.2) is 77.7 Å². The summed E-state index contributed by atoms with van der Waals surface area (Å²) in [5.41, 5.74) is 3.90. The first-order chi connectivity index (χ1) is 29.5. The molecule has 0 bridgehead atoms. The van der Waals surface area contributed by atoms with Gasteiger partial charge in [0, 0.05) is 28.8 Å². The van der Waals surface area contributed by atoms with Crippen molar-refractivity contribution in [2.75, 3.05) is 33.4 Å². The van der Waals surface area contributed by atoms with Crippen LogP contribution < -0.4 is 9.47 Å². The summed E-state index contributed by atoms with van der Waals surface area (Å²) < 4.78 is 58.5. The predicted molar refractivity (Wildman–Crippen MR) is 236 cm³/mol. The summed E-state index contributed by atoms with van der Waals surface area (Å²) in [4.78, 5) is 28.3. The van der Waals surface area contributed by atoms with E-state index in [0.29, 0.717) is 30.1 Å². The molecule has 12 nitrogen and oxygen atoms in total. The minimum Gasteiger partial charge on any atom is -0.497 e. The molecule has 0 spiro atoms. The Bertz CT molecular complexity index is 2320. The van der Waals surface area contributed by atoms with Crippen molar-refractivity contribution in [1.29, 1.82) is 0 Å². The average Bonchev–Trinajstić information content (AvgIpc) is 3.90. The smallest absolute Gasteiger partial charge is 0.337 e. The van der Waals surface area contributed by atoms with Crippen LogP contribution in [0.4, 0.5) is 0 Å². The molecule has 1 aliphatic carbocycles. The van der Waals surface area contributed by atoms with Gasteiger partial charge in [-0.25, -0.2) is 13.2 Å². The number of carboxylic acids is 1. The summed E-state index contributed by atoms with van der Waals surface area (Å²) >= 11 is 1.57. The molecular weight excluding hydrogens is 831 g/mol. The largest absolute Gasteiger partial charge is 0.497 e. The van der Waals surface area contributed by atoms with Crippen LogP contribution in [0.5, 0.6) is 11.5 Å². The molecule has 7 rings (SSSR count). The molecule has 62 heavy (non-hydrogen) atoms. The molecular formula is C48H59NO11S2. The molecule has 2 fully saturated rings. The van der Waals surface area contributed by atoms with Gasteiger partial charge in [0.05, 0.1) is 49.2 Å². The Balaban J connectivity index is 1.08. The third-order valence-corrected chi connectivity index (χ3v) is 15.6. The maximum atomic E-state index is 14.0. The van der Waals surface area contributed by atoms with Crippen molar-refractivity contribution in [3.05, 3.63) is 99.9 Å². The first-order valence-electron chi connectivity index (χ1n) is 21.4. The average molecular weight is 890 g/mol. The minimum atomic E-state index is -4.03. The number of sulfonamides is 1. The molecule has 0 saturated carbocycles. The number of aliphatic hydroxyl groups is 1. The van der Waals surface area contributed by atoms with E-state index in [9.17, 15) is 28.2 Å². The molecule has 4 aromatic rings. The summed E-state index contributed by atoms with van der Waals surface area (Å²) in [6, 6.07) is 21.3. The molecule has 1 unspecified atom stereocenters. The molecule has 0 radical (unpaired) electrons. The lowest BCUT2D eigenvalue weighted by Crippen LogP contribution is -2.43. The number of thiophene rings is 1. The second-order valence-corrected chi connectivity index (χ2v) is 21.2. The SMILES string of the molecule is COc1ccc(S(=O)(=O)N(CC(C)C)C[C@@H](O)[C@@H](CC(=O)OC2CO[C@@]3(C)OCC[C@@H]23)Cc2ccc(OCc3ccccc3-c3sc4c(c3C(=O)O)CC(C)(C)CC4)cc2)cc1. The fourth-order valence-corrected chi connectivity index (χ4v) is 12.0. The number of hydrogen-bond acceptors (Lipinski definition) is 11. The van der Waals surface area contributed by atoms with Crippen LogP contribution in [0.1, 0.15) is 85.8 Å². The number of aryl methyl sites for hydroxylation is 1. The number of hydrogen-bond donors (Lipinski definition) is 2. The van der Waals surface area contributed by atoms with E-state index in [1.165, 1.54) is 23.5 Å². The lowest BCUT2D eigenvalue weighted by Gasteiger charge is -2.30. The quantitative estimate of drug-likeness (QED) is 0.0929. The van der Waals surface area contributed by atoms with Crippen LogP contribution in [0.25, 0.3) is 10.4 Å². The summed E-state index contributed by atoms with van der Waals surface area (Å²) in [5, 5.41) is 22.3. The van der Waals surface area contributed by atoms with E-state index >= 15 is 0 Å². The van der Waals surface area contributed by atoms with Gasteiger partial charge in [-0.1, -0.05) is 64.1 Å². The third-order valence-electron chi connectivity index (χ3n) is 12.5. The van der Waals surface area contributed by atoms with E-state index in [2.05, 4.69) is 13.8 Å². The summed E-state index contributed by atoms with van der Waals surface area (Å²) in [5.74, 6) is -1.98. The molecule has 0 amide bonds. The molecule has 3 aromatic carbocycles. The normalized spacial score (nSPS) is 21.6. The molecule has 2 N–H and O–H groups in total. The lowest BCUT2D eigenvalue weighted by molar-refractivity contribution is -0.181. The van der Waals surface area contributed by atoms with Gasteiger partial charge in [0.15, 0.2) is 5.79 Å². The minimum absolute atomic E-state index is 0.0386. The number of aliphatic hydroxyl groups excluding tert-OH is 1. The Morgan fingerprint density at radius 3 is 2.37 bits per heavy atom. The molecule has 5 atom stereocenters. The molecule has 2 saturated heterocycles. The highest BCUT2D eigenvalue weighted by Crippen LogP contribution is 2.46. The second kappa shape index (κ2) is 18.8. The molecule has 2 aliphatic heterocycles. The van der Waals surface area contributed by atoms with E-state index < -0.39 is 45.9 Å². The van der Waals surface area contributed by atoms with Crippen LogP contribution >= 0.6 is 11.3 Å². The monoisotopic (exact) mass is 889 g/mol. The fourth-order valence-electron chi connectivity index (χ4n) is 9.01. The van der Waals surface area contributed by atoms with Crippen LogP contribution in [-0.4, -0.2) is 86.3 Å². The number of benzene rings is 3. The van der Waals surface area contributed by atoms with Gasteiger partial charge < -0.3 is 33.9 Å². The summed E-state index contributed by atoms with van der Waals surface area (Å²) in [6.45, 7) is 10.9. The number of carbonyl (C=O) groups excluding carboxylic acids is 1. The summed E-state index contributed by atoms with van der Waals surface area (Å²) in [6.07, 6.45) is 1.68. The second-order valence-electron chi connectivity index (χ2n) is 18.2. The summed E-state index contributed by atoms with van der Waals surface area (Å²) in [7, 11) is -2.52. The number of carboxylic acid groups (broad SMARTS) is 1. The molecule has 1 aromatic heterocycles. The number of esters is 1. The van der Waals surface area contributed by atoms with Gasteiger partial charge in [-0.15, -0.1) is 11.3 Å². The number of rotatable bonds is 18. The van der Waals surface area contributed by atoms with Crippen LogP contribution in [0, 0.1) is 23.2 Å². The van der Waals surface area contributed by atoms with Crippen LogP contribution in [0.2, 0.25) is 0 Å². The standard InChI is InChI=1S/C48H59NO11S2/c1-30(2)26-49(62(54,55)36-17-15-34(56-6)16-18-36)27-40(50)33(24-43(51)60-41-29-59-48(5)39(41)20-22-58-48)23-31-11-13-35(14-12-31)57-28-32-9-7-8-10-37(32)45-44(46(52)53)38-25-47(3,4)21-19-42(38)61-45/h7-18,30,33,39-41,50H,19-29H2,1-6H3,(H,52,53)/t33-,39+,40-,41?,48-/m1/s1. The van der Waals surface area contributed by atoms with E-state index in [0.717, 1.165) is 51.3 Å². The van der Waals surface area contributed by atoms with Crippen LogP contribution in [-0.2, 0) is 54.9 Å². The number of carbonyl (C=O) groups is 2. The van der Waals surface area contributed by atoms with E-state index in [1.807, 2.05) is 69.3 Å². The molecule has 3 heterocycles. The van der Waals surface area contributed by atoms with Gasteiger partial charge >= 0.3 is 11.9 Å². The fraction of sp³-hybridized carbons (Fsp3) is 0.500. The van der Waals surface area contributed by atoms with Crippen LogP contribution in [0.3, 0.4) is 0 Å². The molecule has 334 valence electrons. The molecule has 3 aliphatic rings. The lowest BCUT2D eigenvalue weighted by atomic mass is 9.76. The Kier molecular flexibility index (Phi) is 13.9. The van der Waals surface area contributed by atoms with Crippen molar-refractivity contribution in [1.82, 2.24) is 4.31 Å². The zero-order chi connectivity index (χ0) is 44.4. The number of nitrogens with zero attached hydrogens (tertiary/aromatic N) is 1. The number of fused-ring (bicyclic) bond motifs is 2. The zero-order valence-electron chi connectivity index (χ0n) is 36.4. The van der Waals surface area contributed by atoms with Gasteiger partial charge in [-0.2, -0.15) is 4.31 Å². The van der Waals surface area contributed by atoms with Crippen molar-refractivity contribution in [3.63, 3.8) is 0 Å². The number of ether oxygens (including phenoxy) is 5. The molecule has 14 heteroatoms. The van der Waals surface area contributed by atoms with E-state index in [1.54, 1.807) is 23.5 Å². The maximum absolute atomic E-state index is 14.0. The van der Waals surface area contributed by atoms with Crippen molar-refractivity contribution in [3.8, 4) is 21.9 Å². The highest BCUT2D eigenvalue weighted by Gasteiger charge is 2.53. The highest BCUT2D eigenvalue weighted by molar-refractivity contribution is 7.89. The van der Waals surface area contributed by atoms with Gasteiger partial charge in [0.25, 0.3) is 0 Å². The first kappa shape index (κ1) is 45.7. The van der Waals surface area contributed by atoms with Gasteiger partial charge in [0.1, 0.15) is 24.2 Å². The maximum Gasteiger partial charge on any atom is 0.337 e. The Morgan fingerprint density at radius 1 is 0.968 bits per heavy atom. The predicted octanol–water partition coefficient (Wildman–Crippen LogP) is 8.17. The van der Waals surface area contributed by atoms with Gasteiger partial charge in [-0.05, 0) is 109 Å². The Labute approximate surface area is 369 Å². The van der Waals surface area contributed by atoms with Crippen molar-refractivity contribution in [2.24, 2.45) is 23.2 Å². The van der Waals surface area contributed by atoms with E-state index in [4.69, 9.17) is 23.7 Å². The number of aromatic carboxylic acids is 1. The zero-order valence-corrected chi connectivity index (χ0v) is 38.1. The van der Waals surface area contributed by atoms with Gasteiger partial charge in [0.2, 0.25) is 10.0 Å². The Hall–Kier alpha value is -4.31. The van der Waals surface area contributed by atoms with E-state index in [-0.39, 0.29) is 61.3 Å². The van der Waals surface area contributed by atoms with Crippen molar-refractivity contribution >= 4 is 33.3 Å². The number of methoxy groups -OCH3 is 1. The van der Waals surface area contributed by atoms with Gasteiger partial charge in [-0.3, -0.25) is 4.79 Å².